The fourth-order valence-corrected chi connectivity index (χ4v) is 4.86. The Morgan fingerprint density at radius 3 is 2.75 bits per heavy atom. The van der Waals surface area contributed by atoms with Gasteiger partial charge in [-0.05, 0) is 49.2 Å². The maximum absolute atomic E-state index is 13.6. The normalized spacial score (nSPS) is 13.5. The number of anilines is 1. The molecule has 0 aromatic carbocycles. The quantitative estimate of drug-likeness (QED) is 0.302. The smallest absolute Gasteiger partial charge is 0.227 e. The zero-order chi connectivity index (χ0) is 24.2. The summed E-state index contributed by atoms with van der Waals surface area (Å²) in [5, 5.41) is 10.1. The van der Waals surface area contributed by atoms with Gasteiger partial charge in [-0.3, -0.25) is 19.9 Å². The van der Waals surface area contributed by atoms with E-state index in [0.29, 0.717) is 44.5 Å². The summed E-state index contributed by atoms with van der Waals surface area (Å²) >= 11 is 1.02. The number of fused-ring (bicyclic) bond motifs is 2. The lowest BCUT2D eigenvalue weighted by molar-refractivity contribution is -0.117. The lowest BCUT2D eigenvalue weighted by Crippen LogP contribution is -2.13. The van der Waals surface area contributed by atoms with E-state index in [0.717, 1.165) is 40.8 Å². The zero-order valence-electron chi connectivity index (χ0n) is 18.6. The lowest BCUT2D eigenvalue weighted by atomic mass is 10.1. The van der Waals surface area contributed by atoms with Crippen LogP contribution in [-0.4, -0.2) is 41.0 Å². The first-order chi connectivity index (χ1) is 17.6. The van der Waals surface area contributed by atoms with Gasteiger partial charge in [0.1, 0.15) is 16.7 Å². The molecule has 36 heavy (non-hydrogen) atoms. The van der Waals surface area contributed by atoms with Crippen molar-refractivity contribution in [2.45, 2.75) is 12.8 Å². The van der Waals surface area contributed by atoms with Crippen molar-refractivity contribution < 1.29 is 9.18 Å². The zero-order valence-corrected chi connectivity index (χ0v) is 19.4. The van der Waals surface area contributed by atoms with Crippen LogP contribution in [0.3, 0.4) is 0 Å². The molecule has 6 aromatic rings. The molecule has 0 aliphatic heterocycles. The first-order valence-corrected chi connectivity index (χ1v) is 12.2. The monoisotopic (exact) mass is 496 g/mol. The van der Waals surface area contributed by atoms with Crippen molar-refractivity contribution in [3.8, 4) is 33.3 Å². The van der Waals surface area contributed by atoms with Crippen LogP contribution in [0.5, 0.6) is 0 Å². The molecule has 0 unspecified atom stereocenters. The van der Waals surface area contributed by atoms with E-state index in [2.05, 4.69) is 30.5 Å². The number of H-pyrrole nitrogens is 2. The summed E-state index contributed by atoms with van der Waals surface area (Å²) in [6.07, 6.45) is 6.87. The molecule has 1 saturated carbocycles. The van der Waals surface area contributed by atoms with Crippen LogP contribution < -0.4 is 5.32 Å². The minimum absolute atomic E-state index is 0.0264. The molecular formula is C25H17FN8OS. The molecule has 0 spiro atoms. The number of imidazole rings is 1. The lowest BCUT2D eigenvalue weighted by Gasteiger charge is -2.06. The van der Waals surface area contributed by atoms with E-state index in [1.54, 1.807) is 24.7 Å². The average molecular weight is 497 g/mol. The van der Waals surface area contributed by atoms with E-state index in [9.17, 15) is 9.18 Å². The summed E-state index contributed by atoms with van der Waals surface area (Å²) in [6.45, 7) is 0. The summed E-state index contributed by atoms with van der Waals surface area (Å²) < 4.78 is 13.6. The minimum atomic E-state index is -0.278. The van der Waals surface area contributed by atoms with Crippen LogP contribution >= 0.6 is 11.3 Å². The highest BCUT2D eigenvalue weighted by atomic mass is 32.1. The van der Waals surface area contributed by atoms with Crippen LogP contribution in [0.4, 0.5) is 10.1 Å². The number of amides is 1. The van der Waals surface area contributed by atoms with E-state index in [-0.39, 0.29) is 17.0 Å². The van der Waals surface area contributed by atoms with Gasteiger partial charge in [-0.2, -0.15) is 9.49 Å². The maximum atomic E-state index is 13.6. The third-order valence-electron chi connectivity index (χ3n) is 6.09. The fraction of sp³-hybridized carbons (Fsp3) is 0.120. The van der Waals surface area contributed by atoms with Gasteiger partial charge in [0.25, 0.3) is 0 Å². The topological polar surface area (TPSA) is 125 Å². The van der Waals surface area contributed by atoms with E-state index in [4.69, 9.17) is 9.97 Å². The summed E-state index contributed by atoms with van der Waals surface area (Å²) in [5.74, 6) is 0.657. The van der Waals surface area contributed by atoms with Gasteiger partial charge < -0.3 is 10.3 Å². The van der Waals surface area contributed by atoms with E-state index in [1.807, 2.05) is 24.3 Å². The highest BCUT2D eigenvalue weighted by molar-refractivity contribution is 7.13. The summed E-state index contributed by atoms with van der Waals surface area (Å²) in [5.41, 5.74) is 6.03. The van der Waals surface area contributed by atoms with Crippen LogP contribution in [0.15, 0.2) is 55.0 Å². The van der Waals surface area contributed by atoms with Crippen LogP contribution in [-0.2, 0) is 4.79 Å². The standard InChI is InChI=1S/C25H17FN8OS/c26-19-6-5-18(36-19)22-20-16(7-8-28-22)31-24(32-20)23-21-17(33-34-23)4-3-15(30-21)13-9-14(11-27-10-13)29-25(35)12-1-2-12/h3-12H,1-2H2,(H,29,35)(H,31,32)(H,33,34). The van der Waals surface area contributed by atoms with Gasteiger partial charge in [-0.15, -0.1) is 11.3 Å². The number of thiophene rings is 1. The Morgan fingerprint density at radius 2 is 1.92 bits per heavy atom. The molecule has 0 bridgehead atoms. The van der Waals surface area contributed by atoms with Crippen molar-refractivity contribution in [2.75, 3.05) is 5.32 Å². The first-order valence-electron chi connectivity index (χ1n) is 11.3. The van der Waals surface area contributed by atoms with Gasteiger partial charge in [0, 0.05) is 23.9 Å². The molecule has 0 saturated heterocycles. The highest BCUT2D eigenvalue weighted by Crippen LogP contribution is 2.34. The number of halogens is 1. The second-order valence-corrected chi connectivity index (χ2v) is 9.67. The molecule has 1 aliphatic carbocycles. The predicted molar refractivity (Wildman–Crippen MR) is 135 cm³/mol. The van der Waals surface area contributed by atoms with Gasteiger partial charge >= 0.3 is 0 Å². The largest absolute Gasteiger partial charge is 0.336 e. The Labute approximate surface area is 206 Å². The average Bonchev–Trinajstić information content (AvgIpc) is 3.30. The van der Waals surface area contributed by atoms with Crippen molar-refractivity contribution in [3.05, 3.63) is 60.1 Å². The Morgan fingerprint density at radius 1 is 1.03 bits per heavy atom. The molecule has 1 aliphatic rings. The number of hydrogen-bond acceptors (Lipinski definition) is 7. The Bertz CT molecular complexity index is 1780. The molecule has 0 atom stereocenters. The number of carbonyl (C=O) groups is 1. The van der Waals surface area contributed by atoms with Crippen LogP contribution in [0.1, 0.15) is 12.8 Å². The van der Waals surface area contributed by atoms with Gasteiger partial charge in [-0.25, -0.2) is 9.97 Å². The molecule has 1 fully saturated rings. The number of rotatable bonds is 5. The van der Waals surface area contributed by atoms with Crippen molar-refractivity contribution in [2.24, 2.45) is 5.92 Å². The van der Waals surface area contributed by atoms with Crippen LogP contribution in [0.2, 0.25) is 0 Å². The van der Waals surface area contributed by atoms with E-state index < -0.39 is 0 Å². The molecule has 6 heterocycles. The molecule has 1 amide bonds. The minimum Gasteiger partial charge on any atom is -0.336 e. The van der Waals surface area contributed by atoms with Gasteiger partial charge in [0.2, 0.25) is 5.91 Å². The number of aromatic amines is 2. The Kier molecular flexibility index (Phi) is 4.64. The first kappa shape index (κ1) is 20.8. The van der Waals surface area contributed by atoms with Crippen LogP contribution in [0.25, 0.3) is 55.4 Å². The number of nitrogens with zero attached hydrogens (tertiary/aromatic N) is 5. The predicted octanol–water partition coefficient (Wildman–Crippen LogP) is 5.17. The van der Waals surface area contributed by atoms with Gasteiger partial charge in [-0.1, -0.05) is 0 Å². The molecule has 176 valence electrons. The summed E-state index contributed by atoms with van der Waals surface area (Å²) in [7, 11) is 0. The summed E-state index contributed by atoms with van der Waals surface area (Å²) in [6, 6.07) is 10.6. The Balaban J connectivity index is 1.28. The number of nitrogens with one attached hydrogen (secondary N) is 3. The van der Waals surface area contributed by atoms with E-state index in [1.165, 1.54) is 6.07 Å². The highest BCUT2D eigenvalue weighted by Gasteiger charge is 2.29. The third kappa shape index (κ3) is 3.60. The fourth-order valence-electron chi connectivity index (χ4n) is 4.13. The molecule has 3 N–H and O–H groups in total. The third-order valence-corrected chi connectivity index (χ3v) is 6.97. The van der Waals surface area contributed by atoms with Crippen molar-refractivity contribution in [1.29, 1.82) is 0 Å². The van der Waals surface area contributed by atoms with Gasteiger partial charge in [0.15, 0.2) is 16.6 Å². The molecular weight excluding hydrogens is 479 g/mol. The molecule has 7 rings (SSSR count). The molecule has 9 nitrogen and oxygen atoms in total. The molecule has 11 heteroatoms. The molecule has 0 radical (unpaired) electrons. The van der Waals surface area contributed by atoms with Crippen molar-refractivity contribution in [1.82, 2.24) is 35.1 Å². The second-order valence-electron chi connectivity index (χ2n) is 8.64. The number of hydrogen-bond donors (Lipinski definition) is 3. The number of aromatic nitrogens is 7. The number of carbonyl (C=O) groups excluding carboxylic acids is 1. The van der Waals surface area contributed by atoms with E-state index >= 15 is 0 Å². The van der Waals surface area contributed by atoms with Crippen LogP contribution in [0, 0.1) is 11.0 Å². The van der Waals surface area contributed by atoms with Crippen molar-refractivity contribution >= 4 is 45.0 Å². The molecule has 6 aromatic heterocycles. The maximum Gasteiger partial charge on any atom is 0.227 e. The van der Waals surface area contributed by atoms with Gasteiger partial charge in [0.05, 0.1) is 33.5 Å². The van der Waals surface area contributed by atoms with Crippen molar-refractivity contribution in [3.63, 3.8) is 0 Å². The second kappa shape index (κ2) is 8.02. The number of pyridine rings is 3. The Hall–Kier alpha value is -4.51. The SMILES string of the molecule is O=C(Nc1cncc(-c2ccc3[nH]nc(-c4nc5c(-c6ccc(F)s6)nccc5[nH]4)c3n2)c1)C1CC1. The summed E-state index contributed by atoms with van der Waals surface area (Å²) in [4.78, 5) is 34.4.